The Hall–Kier alpha value is -0.260. The molecular formula is C12H20. The molecule has 0 aliphatic heterocycles. The second-order valence-electron chi connectivity index (χ2n) is 4.47. The predicted molar refractivity (Wildman–Crippen MR) is 53.0 cm³/mol. The normalized spacial score (nSPS) is 40.9. The summed E-state index contributed by atoms with van der Waals surface area (Å²) in [7, 11) is 0. The van der Waals surface area contributed by atoms with Gasteiger partial charge in [0.1, 0.15) is 0 Å². The molecule has 0 N–H and O–H groups in total. The average Bonchev–Trinajstić information content (AvgIpc) is 2.17. The first-order chi connectivity index (χ1) is 5.92. The van der Waals surface area contributed by atoms with Gasteiger partial charge in [-0.25, -0.2) is 0 Å². The summed E-state index contributed by atoms with van der Waals surface area (Å²) in [6, 6.07) is 0. The van der Waals surface area contributed by atoms with E-state index in [-0.39, 0.29) is 0 Å². The van der Waals surface area contributed by atoms with Gasteiger partial charge in [-0.15, -0.1) is 0 Å². The van der Waals surface area contributed by atoms with Gasteiger partial charge in [0.15, 0.2) is 0 Å². The van der Waals surface area contributed by atoms with E-state index in [9.17, 15) is 0 Å². The van der Waals surface area contributed by atoms with Gasteiger partial charge in [0, 0.05) is 0 Å². The zero-order valence-electron chi connectivity index (χ0n) is 8.13. The molecule has 0 heterocycles. The van der Waals surface area contributed by atoms with Crippen molar-refractivity contribution >= 4 is 0 Å². The van der Waals surface area contributed by atoms with E-state index in [1.165, 1.54) is 38.5 Å². The van der Waals surface area contributed by atoms with Gasteiger partial charge in [0.2, 0.25) is 0 Å². The van der Waals surface area contributed by atoms with E-state index < -0.39 is 0 Å². The van der Waals surface area contributed by atoms with E-state index in [4.69, 9.17) is 0 Å². The van der Waals surface area contributed by atoms with Crippen LogP contribution in [0.1, 0.15) is 45.4 Å². The Morgan fingerprint density at radius 2 is 2.00 bits per heavy atom. The minimum absolute atomic E-state index is 1.05. The van der Waals surface area contributed by atoms with Crippen LogP contribution in [0, 0.1) is 17.8 Å². The molecule has 0 radical (unpaired) electrons. The molecule has 0 nitrogen and oxygen atoms in total. The van der Waals surface area contributed by atoms with Crippen LogP contribution in [0.15, 0.2) is 12.2 Å². The van der Waals surface area contributed by atoms with Crippen LogP contribution in [0.2, 0.25) is 0 Å². The molecule has 0 heteroatoms. The fraction of sp³-hybridized carbons (Fsp3) is 0.833. The zero-order valence-corrected chi connectivity index (χ0v) is 8.13. The van der Waals surface area contributed by atoms with E-state index in [0.717, 1.165) is 17.8 Å². The Kier molecular flexibility index (Phi) is 2.53. The summed E-state index contributed by atoms with van der Waals surface area (Å²) in [5, 5.41) is 0. The lowest BCUT2D eigenvalue weighted by atomic mass is 9.67. The van der Waals surface area contributed by atoms with Gasteiger partial charge in [0.05, 0.1) is 0 Å². The highest BCUT2D eigenvalue weighted by Gasteiger charge is 2.31. The zero-order chi connectivity index (χ0) is 8.39. The van der Waals surface area contributed by atoms with Crippen LogP contribution < -0.4 is 0 Å². The summed E-state index contributed by atoms with van der Waals surface area (Å²) >= 11 is 0. The smallest absolute Gasteiger partial charge is 0.0317 e. The van der Waals surface area contributed by atoms with Gasteiger partial charge in [-0.1, -0.05) is 38.3 Å². The molecule has 0 aromatic rings. The van der Waals surface area contributed by atoms with Crippen molar-refractivity contribution in [3.05, 3.63) is 12.2 Å². The Morgan fingerprint density at radius 3 is 2.83 bits per heavy atom. The molecule has 0 saturated heterocycles. The first-order valence-corrected chi connectivity index (χ1v) is 5.56. The molecule has 2 rings (SSSR count). The minimum Gasteiger partial charge on any atom is -0.0882 e. The number of hydrogen-bond acceptors (Lipinski definition) is 0. The molecule has 0 bridgehead atoms. The highest BCUT2D eigenvalue weighted by molar-refractivity contribution is 4.97. The van der Waals surface area contributed by atoms with Crippen LogP contribution in [0.4, 0.5) is 0 Å². The highest BCUT2D eigenvalue weighted by Crippen LogP contribution is 2.42. The molecule has 1 saturated carbocycles. The molecule has 12 heavy (non-hydrogen) atoms. The monoisotopic (exact) mass is 164 g/mol. The van der Waals surface area contributed by atoms with Crippen molar-refractivity contribution < 1.29 is 0 Å². The van der Waals surface area contributed by atoms with Crippen LogP contribution in [0.25, 0.3) is 0 Å². The lowest BCUT2D eigenvalue weighted by Gasteiger charge is -2.39. The molecule has 68 valence electrons. The molecule has 0 spiro atoms. The van der Waals surface area contributed by atoms with Gasteiger partial charge >= 0.3 is 0 Å². The minimum atomic E-state index is 1.05. The van der Waals surface area contributed by atoms with Gasteiger partial charge < -0.3 is 0 Å². The molecule has 1 fully saturated rings. The van der Waals surface area contributed by atoms with Crippen LogP contribution in [0.5, 0.6) is 0 Å². The number of allylic oxidation sites excluding steroid dienone is 2. The Labute approximate surface area is 76.1 Å². The molecule has 0 aromatic heterocycles. The van der Waals surface area contributed by atoms with Gasteiger partial charge in [-0.3, -0.25) is 0 Å². The average molecular weight is 164 g/mol. The maximum atomic E-state index is 2.41. The molecule has 3 atom stereocenters. The lowest BCUT2D eigenvalue weighted by molar-refractivity contribution is 0.144. The summed E-state index contributed by atoms with van der Waals surface area (Å²) < 4.78 is 0. The largest absolute Gasteiger partial charge is 0.0882 e. The summed E-state index contributed by atoms with van der Waals surface area (Å²) in [6.07, 6.45) is 13.5. The topological polar surface area (TPSA) is 0 Å². The third-order valence-electron chi connectivity index (χ3n) is 3.90. The van der Waals surface area contributed by atoms with E-state index in [2.05, 4.69) is 19.1 Å². The maximum absolute atomic E-state index is 2.41. The second kappa shape index (κ2) is 3.64. The predicted octanol–water partition coefficient (Wildman–Crippen LogP) is 3.78. The Bertz CT molecular complexity index is 169. The van der Waals surface area contributed by atoms with Crippen molar-refractivity contribution in [2.45, 2.75) is 45.4 Å². The van der Waals surface area contributed by atoms with Crippen LogP contribution in [-0.2, 0) is 0 Å². The number of hydrogen-bond donors (Lipinski definition) is 0. The lowest BCUT2D eigenvalue weighted by Crippen LogP contribution is -2.28. The van der Waals surface area contributed by atoms with Crippen molar-refractivity contribution in [2.75, 3.05) is 0 Å². The third kappa shape index (κ3) is 1.44. The Morgan fingerprint density at radius 1 is 1.17 bits per heavy atom. The standard InChI is InChI=1S/C12H20/c1-2-10-7-5-8-11-6-3-4-9-12(10)11/h3-4,10-12H,2,5-9H2,1H3. The number of fused-ring (bicyclic) bond motifs is 1. The second-order valence-corrected chi connectivity index (χ2v) is 4.47. The van der Waals surface area contributed by atoms with Crippen molar-refractivity contribution in [1.29, 1.82) is 0 Å². The quantitative estimate of drug-likeness (QED) is 0.517. The molecule has 0 aromatic carbocycles. The summed E-state index contributed by atoms with van der Waals surface area (Å²) in [5.74, 6) is 3.15. The third-order valence-corrected chi connectivity index (χ3v) is 3.90. The van der Waals surface area contributed by atoms with E-state index >= 15 is 0 Å². The van der Waals surface area contributed by atoms with Crippen molar-refractivity contribution in [2.24, 2.45) is 17.8 Å². The first kappa shape index (κ1) is 8.34. The van der Waals surface area contributed by atoms with Crippen LogP contribution in [0.3, 0.4) is 0 Å². The van der Waals surface area contributed by atoms with Gasteiger partial charge in [-0.05, 0) is 37.0 Å². The summed E-state index contributed by atoms with van der Waals surface area (Å²) in [5.41, 5.74) is 0. The highest BCUT2D eigenvalue weighted by atomic mass is 14.4. The van der Waals surface area contributed by atoms with E-state index in [0.29, 0.717) is 0 Å². The van der Waals surface area contributed by atoms with E-state index in [1.807, 2.05) is 0 Å². The number of rotatable bonds is 1. The Balaban J connectivity index is 2.05. The first-order valence-electron chi connectivity index (χ1n) is 5.56. The maximum Gasteiger partial charge on any atom is -0.0317 e. The summed E-state index contributed by atoms with van der Waals surface area (Å²) in [4.78, 5) is 0. The van der Waals surface area contributed by atoms with Crippen LogP contribution in [-0.4, -0.2) is 0 Å². The van der Waals surface area contributed by atoms with Gasteiger partial charge in [0.25, 0.3) is 0 Å². The van der Waals surface area contributed by atoms with Crippen molar-refractivity contribution in [3.8, 4) is 0 Å². The fourth-order valence-electron chi connectivity index (χ4n) is 3.16. The molecule has 2 aliphatic carbocycles. The fourth-order valence-corrected chi connectivity index (χ4v) is 3.16. The SMILES string of the molecule is CCC1CCCC2CC=CCC12. The van der Waals surface area contributed by atoms with Crippen molar-refractivity contribution in [1.82, 2.24) is 0 Å². The molecular weight excluding hydrogens is 144 g/mol. The molecule has 2 aliphatic rings. The van der Waals surface area contributed by atoms with E-state index in [1.54, 1.807) is 0 Å². The molecule has 3 unspecified atom stereocenters. The van der Waals surface area contributed by atoms with Crippen molar-refractivity contribution in [3.63, 3.8) is 0 Å². The molecule has 0 amide bonds. The summed E-state index contributed by atoms with van der Waals surface area (Å²) in [6.45, 7) is 2.37. The van der Waals surface area contributed by atoms with Gasteiger partial charge in [-0.2, -0.15) is 0 Å². The van der Waals surface area contributed by atoms with Crippen LogP contribution >= 0.6 is 0 Å².